The van der Waals surface area contributed by atoms with Gasteiger partial charge in [-0.05, 0) is 84.0 Å². The lowest BCUT2D eigenvalue weighted by atomic mass is 9.89. The predicted molar refractivity (Wildman–Crippen MR) is 139 cm³/mol. The number of phenolic OH excluding ortho intramolecular Hbond substituents is 1. The second-order valence-electron chi connectivity index (χ2n) is 8.62. The molecular weight excluding hydrogens is 431 g/mol. The Balaban J connectivity index is 1.84. The summed E-state index contributed by atoms with van der Waals surface area (Å²) in [7, 11) is -0.389. The Hall–Kier alpha value is -2.85. The highest BCUT2D eigenvalue weighted by Crippen LogP contribution is 2.48. The van der Waals surface area contributed by atoms with Gasteiger partial charge >= 0.3 is 0 Å². The number of aryl methyl sites for hydroxylation is 1. The summed E-state index contributed by atoms with van der Waals surface area (Å²) in [5, 5.41) is 10.1. The highest BCUT2D eigenvalue weighted by molar-refractivity contribution is 8.14. The zero-order chi connectivity index (χ0) is 23.5. The minimum atomic E-state index is -0.389. The number of rotatable bonds is 7. The van der Waals surface area contributed by atoms with Gasteiger partial charge < -0.3 is 9.84 Å². The molecule has 0 saturated heterocycles. The van der Waals surface area contributed by atoms with E-state index in [9.17, 15) is 5.11 Å². The second kappa shape index (κ2) is 9.96. The molecule has 33 heavy (non-hydrogen) atoms. The smallest absolute Gasteiger partial charge is 0.131 e. The molecule has 3 aromatic rings. The van der Waals surface area contributed by atoms with Crippen LogP contribution >= 0.6 is 10.5 Å². The standard InChI is InChI=1S/C29H31FO2S/c1-5-7-22(6-2)32-23-12-9-20(10-13-23)29-25-15-11-21(31)17-28(25)33(4)18-26(29)24-14-8-19(3)16-27(24)30/h8-17,22,31H,4-7,18H2,1-3H3. The molecule has 0 bridgehead atoms. The van der Waals surface area contributed by atoms with E-state index in [1.165, 1.54) is 0 Å². The molecule has 1 N–H and O–H groups in total. The first kappa shape index (κ1) is 23.3. The summed E-state index contributed by atoms with van der Waals surface area (Å²) < 4.78 is 21.3. The van der Waals surface area contributed by atoms with Gasteiger partial charge in [-0.15, -0.1) is 0 Å². The maximum absolute atomic E-state index is 15.1. The third kappa shape index (κ3) is 4.91. The first-order valence-corrected chi connectivity index (χ1v) is 13.1. The lowest BCUT2D eigenvalue weighted by molar-refractivity contribution is 0.186. The SMILES string of the molecule is C=S1CC(c2ccc(C)cc2F)=C(c2ccc(OC(CC)CCC)cc2)c2ccc(O)cc21. The Morgan fingerprint density at radius 2 is 1.76 bits per heavy atom. The number of benzene rings is 3. The Kier molecular flexibility index (Phi) is 7.04. The maximum Gasteiger partial charge on any atom is 0.131 e. The van der Waals surface area contributed by atoms with Gasteiger partial charge in [-0.25, -0.2) is 4.39 Å². The van der Waals surface area contributed by atoms with E-state index in [0.29, 0.717) is 11.3 Å². The number of halogens is 1. The quantitative estimate of drug-likeness (QED) is 0.363. The fourth-order valence-electron chi connectivity index (χ4n) is 4.41. The molecule has 3 aromatic carbocycles. The molecule has 4 heteroatoms. The Bertz CT molecular complexity index is 1210. The van der Waals surface area contributed by atoms with Crippen LogP contribution in [-0.4, -0.2) is 22.8 Å². The molecule has 1 heterocycles. The fourth-order valence-corrected chi connectivity index (χ4v) is 5.98. The molecule has 2 atom stereocenters. The molecule has 0 amide bonds. The molecule has 1 aliphatic heterocycles. The second-order valence-corrected chi connectivity index (χ2v) is 10.3. The van der Waals surface area contributed by atoms with Crippen LogP contribution in [0.15, 0.2) is 65.6 Å². The number of hydrogen-bond acceptors (Lipinski definition) is 2. The van der Waals surface area contributed by atoms with Crippen LogP contribution in [0.3, 0.4) is 0 Å². The summed E-state index contributed by atoms with van der Waals surface area (Å²) in [6.45, 7) is 6.21. The first-order valence-electron chi connectivity index (χ1n) is 11.5. The highest BCUT2D eigenvalue weighted by atomic mass is 32.2. The van der Waals surface area contributed by atoms with E-state index in [2.05, 4.69) is 31.9 Å². The van der Waals surface area contributed by atoms with Crippen LogP contribution in [0.5, 0.6) is 11.5 Å². The van der Waals surface area contributed by atoms with Crippen LogP contribution < -0.4 is 4.74 Å². The molecule has 0 fully saturated rings. The molecule has 2 nitrogen and oxygen atoms in total. The van der Waals surface area contributed by atoms with Crippen LogP contribution in [0.4, 0.5) is 4.39 Å². The summed E-state index contributed by atoms with van der Waals surface area (Å²) in [6, 6.07) is 18.9. The Labute approximate surface area is 198 Å². The zero-order valence-electron chi connectivity index (χ0n) is 19.5. The molecule has 1 aliphatic rings. The largest absolute Gasteiger partial charge is 0.508 e. The molecule has 0 aromatic heterocycles. The summed E-state index contributed by atoms with van der Waals surface area (Å²) in [4.78, 5) is 1.01. The summed E-state index contributed by atoms with van der Waals surface area (Å²) in [5.74, 6) is 5.83. The molecule has 0 saturated carbocycles. The molecule has 172 valence electrons. The van der Waals surface area contributed by atoms with E-state index >= 15 is 4.39 Å². The van der Waals surface area contributed by atoms with E-state index in [1.54, 1.807) is 18.2 Å². The van der Waals surface area contributed by atoms with Gasteiger partial charge in [0.25, 0.3) is 0 Å². The predicted octanol–water partition coefficient (Wildman–Crippen LogP) is 7.83. The summed E-state index contributed by atoms with van der Waals surface area (Å²) in [6.07, 6.45) is 3.30. The average Bonchev–Trinajstić information content (AvgIpc) is 2.80. The van der Waals surface area contributed by atoms with Crippen molar-refractivity contribution in [3.05, 3.63) is 88.7 Å². The lowest BCUT2D eigenvalue weighted by Gasteiger charge is -2.27. The van der Waals surface area contributed by atoms with Crippen molar-refractivity contribution >= 4 is 27.5 Å². The van der Waals surface area contributed by atoms with Crippen molar-refractivity contribution in [2.45, 2.75) is 51.0 Å². The lowest BCUT2D eigenvalue weighted by Crippen LogP contribution is -2.14. The van der Waals surface area contributed by atoms with Gasteiger partial charge in [-0.2, -0.15) is 10.5 Å². The Morgan fingerprint density at radius 1 is 1.03 bits per heavy atom. The third-order valence-electron chi connectivity index (χ3n) is 6.13. The number of phenols is 1. The minimum absolute atomic E-state index is 0.212. The molecule has 0 aliphatic carbocycles. The summed E-state index contributed by atoms with van der Waals surface area (Å²) >= 11 is 0. The van der Waals surface area contributed by atoms with Crippen molar-refractivity contribution in [1.29, 1.82) is 0 Å². The van der Waals surface area contributed by atoms with Crippen LogP contribution in [-0.2, 0) is 0 Å². The van der Waals surface area contributed by atoms with Crippen LogP contribution in [0, 0.1) is 12.7 Å². The average molecular weight is 463 g/mol. The van der Waals surface area contributed by atoms with E-state index < -0.39 is 0 Å². The molecule has 4 rings (SSSR count). The molecule has 2 unspecified atom stereocenters. The molecule has 0 spiro atoms. The van der Waals surface area contributed by atoms with Gasteiger partial charge in [0, 0.05) is 16.2 Å². The number of ether oxygens (including phenoxy) is 1. The monoisotopic (exact) mass is 462 g/mol. The molecule has 0 radical (unpaired) electrons. The summed E-state index contributed by atoms with van der Waals surface area (Å²) in [5.41, 5.74) is 5.46. The number of hydrogen-bond donors (Lipinski definition) is 1. The number of aromatic hydroxyl groups is 1. The molecular formula is C29H31FO2S. The number of fused-ring (bicyclic) bond motifs is 1. The topological polar surface area (TPSA) is 29.5 Å². The van der Waals surface area contributed by atoms with Gasteiger partial charge in [0.15, 0.2) is 0 Å². The van der Waals surface area contributed by atoms with Crippen molar-refractivity contribution in [3.8, 4) is 11.5 Å². The van der Waals surface area contributed by atoms with Crippen molar-refractivity contribution in [3.63, 3.8) is 0 Å². The fraction of sp³-hybridized carbons (Fsp3) is 0.276. The van der Waals surface area contributed by atoms with Gasteiger partial charge in [0.2, 0.25) is 0 Å². The van der Waals surface area contributed by atoms with Gasteiger partial charge in [-0.3, -0.25) is 0 Å². The van der Waals surface area contributed by atoms with Crippen molar-refractivity contribution in [1.82, 2.24) is 0 Å². The van der Waals surface area contributed by atoms with Gasteiger partial charge in [0.05, 0.1) is 6.10 Å². The zero-order valence-corrected chi connectivity index (χ0v) is 20.3. The normalized spacial score (nSPS) is 16.4. The van der Waals surface area contributed by atoms with Gasteiger partial charge in [0.1, 0.15) is 17.3 Å². The Morgan fingerprint density at radius 3 is 2.42 bits per heavy atom. The van der Waals surface area contributed by atoms with Crippen LogP contribution in [0.1, 0.15) is 55.4 Å². The van der Waals surface area contributed by atoms with Crippen LogP contribution in [0.25, 0.3) is 11.1 Å². The van der Waals surface area contributed by atoms with Gasteiger partial charge in [-0.1, -0.05) is 50.4 Å². The minimum Gasteiger partial charge on any atom is -0.508 e. The maximum atomic E-state index is 15.1. The van der Waals surface area contributed by atoms with E-state index in [4.69, 9.17) is 4.74 Å². The van der Waals surface area contributed by atoms with E-state index in [1.807, 2.05) is 37.3 Å². The highest BCUT2D eigenvalue weighted by Gasteiger charge is 2.25. The van der Waals surface area contributed by atoms with Crippen molar-refractivity contribution < 1.29 is 14.2 Å². The van der Waals surface area contributed by atoms with E-state index in [-0.39, 0.29) is 28.2 Å². The van der Waals surface area contributed by atoms with Crippen LogP contribution in [0.2, 0.25) is 0 Å². The first-order chi connectivity index (χ1) is 15.9. The third-order valence-corrected chi connectivity index (χ3v) is 7.72. The van der Waals surface area contributed by atoms with Crippen molar-refractivity contribution in [2.24, 2.45) is 0 Å². The van der Waals surface area contributed by atoms with Crippen molar-refractivity contribution in [2.75, 3.05) is 5.75 Å². The van der Waals surface area contributed by atoms with E-state index in [0.717, 1.165) is 57.7 Å².